The van der Waals surface area contributed by atoms with E-state index in [0.29, 0.717) is 24.5 Å². The van der Waals surface area contributed by atoms with Crippen LogP contribution in [-0.2, 0) is 22.9 Å². The number of carbonyl (C=O) groups excluding carboxylic acids is 2. The van der Waals surface area contributed by atoms with Crippen LogP contribution in [0.2, 0.25) is 0 Å². The maximum Gasteiger partial charge on any atom is 0.409 e. The number of nitrogens with zero attached hydrogens (tertiary/aromatic N) is 4. The first kappa shape index (κ1) is 23.7. The Morgan fingerprint density at radius 3 is 2.69 bits per heavy atom. The van der Waals surface area contributed by atoms with E-state index in [4.69, 9.17) is 9.47 Å². The van der Waals surface area contributed by atoms with Crippen molar-refractivity contribution in [1.82, 2.24) is 24.2 Å². The van der Waals surface area contributed by atoms with Gasteiger partial charge >= 0.3 is 6.09 Å². The second kappa shape index (κ2) is 9.23. The number of ether oxygens (including phenoxy) is 2. The summed E-state index contributed by atoms with van der Waals surface area (Å²) in [6, 6.07) is 5.77. The standard InChI is InChI=1S/C25H25F2N5O4/c1-28-24(33)15-8-17(26)22(18(27)9-15)23-19(11-16-12-31(6-7-36-16)25(34)35-3)32-13-20-14(4-5-30(20)2)10-21(32)29-23/h4-5,8-10,13,16H,6-7,11-12H2,1-3H3,(H,28,33)/t16-/m0/s1. The van der Waals surface area contributed by atoms with Crippen molar-refractivity contribution in [3.8, 4) is 11.3 Å². The van der Waals surface area contributed by atoms with Crippen LogP contribution in [0.15, 0.2) is 36.7 Å². The summed E-state index contributed by atoms with van der Waals surface area (Å²) in [6.07, 6.45) is 3.10. The third kappa shape index (κ3) is 4.05. The Morgan fingerprint density at radius 2 is 2.00 bits per heavy atom. The summed E-state index contributed by atoms with van der Waals surface area (Å²) in [6.45, 7) is 0.946. The van der Waals surface area contributed by atoms with E-state index in [1.165, 1.54) is 19.1 Å². The molecule has 11 heteroatoms. The van der Waals surface area contributed by atoms with Crippen molar-refractivity contribution in [2.45, 2.75) is 12.5 Å². The number of aromatic nitrogens is 3. The molecule has 188 valence electrons. The van der Waals surface area contributed by atoms with Crippen LogP contribution in [0.25, 0.3) is 27.8 Å². The molecule has 36 heavy (non-hydrogen) atoms. The molecule has 1 aliphatic rings. The third-order valence-corrected chi connectivity index (χ3v) is 6.49. The van der Waals surface area contributed by atoms with E-state index in [-0.39, 0.29) is 29.8 Å². The van der Waals surface area contributed by atoms with E-state index in [0.717, 1.165) is 23.0 Å². The first-order valence-corrected chi connectivity index (χ1v) is 11.4. The highest BCUT2D eigenvalue weighted by molar-refractivity contribution is 5.94. The van der Waals surface area contributed by atoms with Crippen LogP contribution in [0.1, 0.15) is 16.1 Å². The van der Waals surface area contributed by atoms with Gasteiger partial charge in [0.15, 0.2) is 0 Å². The number of hydrogen-bond donors (Lipinski definition) is 1. The molecule has 3 aromatic heterocycles. The quantitative estimate of drug-likeness (QED) is 0.468. The van der Waals surface area contributed by atoms with Crippen molar-refractivity contribution in [2.75, 3.05) is 33.9 Å². The Balaban J connectivity index is 1.66. The smallest absolute Gasteiger partial charge is 0.409 e. The Bertz CT molecular complexity index is 1470. The SMILES string of the molecule is CNC(=O)c1cc(F)c(-c2nc3cc4ccn(C)c4cn3c2C[C@H]2CN(C(=O)OC)CCO2)c(F)c1. The number of morpholine rings is 1. The second-order valence-corrected chi connectivity index (χ2v) is 8.68. The number of aryl methyl sites for hydroxylation is 1. The van der Waals surface area contributed by atoms with Crippen LogP contribution in [0.3, 0.4) is 0 Å². The highest BCUT2D eigenvalue weighted by Crippen LogP contribution is 2.33. The number of pyridine rings is 1. The van der Waals surface area contributed by atoms with Crippen molar-refractivity contribution in [3.63, 3.8) is 0 Å². The Labute approximate surface area is 205 Å². The first-order valence-electron chi connectivity index (χ1n) is 11.4. The molecule has 2 amide bonds. The van der Waals surface area contributed by atoms with Crippen molar-refractivity contribution in [1.29, 1.82) is 0 Å². The number of methoxy groups -OCH3 is 1. The van der Waals surface area contributed by atoms with Crippen molar-refractivity contribution in [3.05, 3.63) is 59.6 Å². The largest absolute Gasteiger partial charge is 0.453 e. The highest BCUT2D eigenvalue weighted by Gasteiger charge is 2.29. The maximum absolute atomic E-state index is 15.3. The average Bonchev–Trinajstić information content (AvgIpc) is 3.41. The van der Waals surface area contributed by atoms with Crippen molar-refractivity contribution >= 4 is 28.6 Å². The summed E-state index contributed by atoms with van der Waals surface area (Å²) in [5.74, 6) is -2.40. The number of rotatable bonds is 4. The Kier molecular flexibility index (Phi) is 6.09. The van der Waals surface area contributed by atoms with Gasteiger partial charge < -0.3 is 28.7 Å². The van der Waals surface area contributed by atoms with Crippen LogP contribution >= 0.6 is 0 Å². The summed E-state index contributed by atoms with van der Waals surface area (Å²) < 4.78 is 45.1. The molecule has 5 rings (SSSR count). The van der Waals surface area contributed by atoms with Gasteiger partial charge in [-0.05, 0) is 24.3 Å². The molecule has 0 unspecified atom stereocenters. The molecule has 4 heterocycles. The van der Waals surface area contributed by atoms with Crippen LogP contribution in [0.5, 0.6) is 0 Å². The van der Waals surface area contributed by atoms with Gasteiger partial charge in [0.25, 0.3) is 5.91 Å². The molecule has 1 saturated heterocycles. The van der Waals surface area contributed by atoms with Crippen LogP contribution in [0, 0.1) is 11.6 Å². The van der Waals surface area contributed by atoms with Gasteiger partial charge in [0.1, 0.15) is 17.3 Å². The van der Waals surface area contributed by atoms with E-state index in [2.05, 4.69) is 10.3 Å². The summed E-state index contributed by atoms with van der Waals surface area (Å²) in [4.78, 5) is 30.2. The number of nitrogens with one attached hydrogen (secondary N) is 1. The molecule has 1 aliphatic heterocycles. The molecule has 1 aromatic carbocycles. The van der Waals surface area contributed by atoms with E-state index < -0.39 is 29.7 Å². The van der Waals surface area contributed by atoms with Gasteiger partial charge in [-0.15, -0.1) is 0 Å². The highest BCUT2D eigenvalue weighted by atomic mass is 19.1. The van der Waals surface area contributed by atoms with E-state index in [1.807, 2.05) is 36.1 Å². The monoisotopic (exact) mass is 497 g/mol. The Hall–Kier alpha value is -3.99. The molecular formula is C25H25F2N5O4. The van der Waals surface area contributed by atoms with E-state index >= 15 is 8.78 Å². The predicted molar refractivity (Wildman–Crippen MR) is 128 cm³/mol. The molecule has 1 N–H and O–H groups in total. The van der Waals surface area contributed by atoms with E-state index in [9.17, 15) is 9.59 Å². The van der Waals surface area contributed by atoms with Gasteiger partial charge in [0.2, 0.25) is 0 Å². The van der Waals surface area contributed by atoms with Gasteiger partial charge in [0, 0.05) is 50.4 Å². The molecule has 0 spiro atoms. The van der Waals surface area contributed by atoms with E-state index in [1.54, 1.807) is 4.40 Å². The normalized spacial score (nSPS) is 16.0. The van der Waals surface area contributed by atoms with Gasteiger partial charge in [-0.1, -0.05) is 0 Å². The molecular weight excluding hydrogens is 472 g/mol. The van der Waals surface area contributed by atoms with Crippen molar-refractivity contribution in [2.24, 2.45) is 7.05 Å². The van der Waals surface area contributed by atoms with Crippen LogP contribution < -0.4 is 5.32 Å². The average molecular weight is 498 g/mol. The number of imidazole rings is 1. The summed E-state index contributed by atoms with van der Waals surface area (Å²) in [5, 5.41) is 3.29. The number of carbonyl (C=O) groups is 2. The second-order valence-electron chi connectivity index (χ2n) is 8.68. The molecule has 0 aliphatic carbocycles. The lowest BCUT2D eigenvalue weighted by molar-refractivity contribution is -0.0241. The molecule has 0 bridgehead atoms. The zero-order valence-electron chi connectivity index (χ0n) is 20.0. The van der Waals surface area contributed by atoms with Crippen molar-refractivity contribution < 1.29 is 27.8 Å². The number of benzene rings is 1. The topological polar surface area (TPSA) is 90.1 Å². The molecule has 0 saturated carbocycles. The van der Waals surface area contributed by atoms with Gasteiger partial charge in [-0.25, -0.2) is 18.6 Å². The fourth-order valence-corrected chi connectivity index (χ4v) is 4.67. The van der Waals surface area contributed by atoms with Crippen LogP contribution in [-0.4, -0.2) is 70.8 Å². The summed E-state index contributed by atoms with van der Waals surface area (Å²) >= 11 is 0. The molecule has 1 atom stereocenters. The number of amides is 2. The number of hydrogen-bond acceptors (Lipinski definition) is 5. The first-order chi connectivity index (χ1) is 17.3. The summed E-state index contributed by atoms with van der Waals surface area (Å²) in [5.41, 5.74) is 1.60. The lowest BCUT2D eigenvalue weighted by Gasteiger charge is -2.32. The summed E-state index contributed by atoms with van der Waals surface area (Å²) in [7, 11) is 4.61. The minimum absolute atomic E-state index is 0.113. The molecule has 9 nitrogen and oxygen atoms in total. The number of fused-ring (bicyclic) bond motifs is 2. The Morgan fingerprint density at radius 1 is 1.25 bits per heavy atom. The minimum Gasteiger partial charge on any atom is -0.453 e. The molecule has 1 fully saturated rings. The fraction of sp³-hybridized carbons (Fsp3) is 0.320. The predicted octanol–water partition coefficient (Wildman–Crippen LogP) is 3.14. The lowest BCUT2D eigenvalue weighted by Crippen LogP contribution is -2.46. The molecule has 4 aromatic rings. The lowest BCUT2D eigenvalue weighted by atomic mass is 10.0. The zero-order valence-corrected chi connectivity index (χ0v) is 20.0. The fourth-order valence-electron chi connectivity index (χ4n) is 4.67. The third-order valence-electron chi connectivity index (χ3n) is 6.49. The van der Waals surface area contributed by atoms with Crippen LogP contribution in [0.4, 0.5) is 13.6 Å². The van der Waals surface area contributed by atoms with Gasteiger partial charge in [0.05, 0.1) is 48.8 Å². The van der Waals surface area contributed by atoms with Gasteiger partial charge in [-0.3, -0.25) is 4.79 Å². The number of halogens is 2. The van der Waals surface area contributed by atoms with Gasteiger partial charge in [-0.2, -0.15) is 0 Å². The zero-order chi connectivity index (χ0) is 25.6. The molecule has 0 radical (unpaired) electrons. The maximum atomic E-state index is 15.3. The minimum atomic E-state index is -0.899.